The molecule has 0 aromatic heterocycles. The molecule has 4 rings (SSSR count). The van der Waals surface area contributed by atoms with E-state index in [4.69, 9.17) is 21.7 Å². The fourth-order valence-electron chi connectivity index (χ4n) is 4.09. The number of anilines is 2. The van der Waals surface area contributed by atoms with E-state index in [1.54, 1.807) is 37.3 Å². The van der Waals surface area contributed by atoms with Gasteiger partial charge in [0.25, 0.3) is 11.8 Å². The van der Waals surface area contributed by atoms with Gasteiger partial charge in [0, 0.05) is 0 Å². The molecular weight excluding hydrogens is 512 g/mol. The highest BCUT2D eigenvalue weighted by atomic mass is 32.1. The lowest BCUT2D eigenvalue weighted by Gasteiger charge is -2.37. The van der Waals surface area contributed by atoms with Crippen molar-refractivity contribution in [3.63, 3.8) is 0 Å². The number of carbonyl (C=O) groups excluding carboxylic acids is 3. The molecule has 39 heavy (non-hydrogen) atoms. The largest absolute Gasteiger partial charge is 0.482 e. The van der Waals surface area contributed by atoms with Gasteiger partial charge in [-0.25, -0.2) is 4.79 Å². The molecule has 0 unspecified atom stereocenters. The van der Waals surface area contributed by atoms with Crippen molar-refractivity contribution in [3.05, 3.63) is 94.1 Å². The number of nitrogens with zero attached hydrogens (tertiary/aromatic N) is 2. The Bertz CT molecular complexity index is 1420. The van der Waals surface area contributed by atoms with Crippen LogP contribution in [0.4, 0.5) is 11.4 Å². The molecule has 1 heterocycles. The van der Waals surface area contributed by atoms with Gasteiger partial charge in [-0.15, -0.1) is 0 Å². The molecule has 200 valence electrons. The Labute approximate surface area is 233 Å². The third-order valence-corrected chi connectivity index (χ3v) is 6.97. The zero-order valence-corrected chi connectivity index (χ0v) is 23.4. The molecule has 2 amide bonds. The van der Waals surface area contributed by atoms with Gasteiger partial charge in [-0.3, -0.25) is 19.4 Å². The molecule has 7 nitrogen and oxygen atoms in total. The normalized spacial score (nSPS) is 13.6. The number of benzene rings is 3. The summed E-state index contributed by atoms with van der Waals surface area (Å²) in [6.45, 7) is 9.70. The summed E-state index contributed by atoms with van der Waals surface area (Å²) in [5.41, 5.74) is 5.92. The lowest BCUT2D eigenvalue weighted by atomic mass is 10.0. The van der Waals surface area contributed by atoms with E-state index < -0.39 is 17.8 Å². The van der Waals surface area contributed by atoms with Crippen molar-refractivity contribution in [1.82, 2.24) is 0 Å². The molecule has 0 atom stereocenters. The minimum atomic E-state index is -0.504. The van der Waals surface area contributed by atoms with Crippen LogP contribution in [0, 0.1) is 27.7 Å². The fraction of sp³-hybridized carbons (Fsp3) is 0.226. The Morgan fingerprint density at radius 3 is 1.77 bits per heavy atom. The molecule has 1 aliphatic rings. The van der Waals surface area contributed by atoms with Crippen molar-refractivity contribution in [2.24, 2.45) is 0 Å². The molecule has 3 aromatic rings. The summed E-state index contributed by atoms with van der Waals surface area (Å²) in [6, 6.07) is 18.0. The van der Waals surface area contributed by atoms with E-state index in [1.807, 2.05) is 64.1 Å². The van der Waals surface area contributed by atoms with Crippen LogP contribution < -0.4 is 14.5 Å². The molecule has 0 radical (unpaired) electrons. The van der Waals surface area contributed by atoms with Crippen LogP contribution in [0.2, 0.25) is 0 Å². The number of hydrogen-bond acceptors (Lipinski definition) is 6. The third kappa shape index (κ3) is 5.91. The van der Waals surface area contributed by atoms with Gasteiger partial charge in [0.05, 0.1) is 18.0 Å². The molecule has 8 heteroatoms. The zero-order chi connectivity index (χ0) is 28.3. The summed E-state index contributed by atoms with van der Waals surface area (Å²) in [6.07, 6.45) is 1.55. The van der Waals surface area contributed by atoms with Crippen LogP contribution in [0.5, 0.6) is 5.75 Å². The predicted octanol–water partition coefficient (Wildman–Crippen LogP) is 5.61. The molecular formula is C31H30N2O5S. The van der Waals surface area contributed by atoms with E-state index in [2.05, 4.69) is 0 Å². The second-order valence-corrected chi connectivity index (χ2v) is 9.69. The number of amides is 2. The quantitative estimate of drug-likeness (QED) is 0.167. The molecule has 1 aliphatic heterocycles. The summed E-state index contributed by atoms with van der Waals surface area (Å²) in [7, 11) is 0. The minimum absolute atomic E-state index is 0.0275. The first-order valence-corrected chi connectivity index (χ1v) is 13.0. The summed E-state index contributed by atoms with van der Waals surface area (Å²) < 4.78 is 10.3. The number of aryl methyl sites for hydroxylation is 4. The summed E-state index contributed by atoms with van der Waals surface area (Å²) >= 11 is 5.75. The second-order valence-electron chi connectivity index (χ2n) is 9.32. The maximum Gasteiger partial charge on any atom is 0.344 e. The standard InChI is InChI=1S/C31H30N2O5S/c1-6-37-28(34)18-38-26-13-9-23(10-14-26)17-27-29(35)32(24-11-7-19(2)21(4)15-24)31(39)33(30(27)36)25-12-8-20(3)22(5)16-25/h7-17H,6,18H2,1-5H3. The van der Waals surface area contributed by atoms with E-state index in [9.17, 15) is 14.4 Å². The van der Waals surface area contributed by atoms with Crippen LogP contribution in [0.25, 0.3) is 6.08 Å². The summed E-state index contributed by atoms with van der Waals surface area (Å²) in [5, 5.41) is 0.0939. The third-order valence-electron chi connectivity index (χ3n) is 6.60. The molecule has 1 saturated heterocycles. The second kappa shape index (κ2) is 11.6. The molecule has 0 bridgehead atoms. The highest BCUT2D eigenvalue weighted by Crippen LogP contribution is 2.32. The maximum atomic E-state index is 13.8. The van der Waals surface area contributed by atoms with Crippen molar-refractivity contribution in [1.29, 1.82) is 0 Å². The Morgan fingerprint density at radius 2 is 1.31 bits per heavy atom. The Balaban J connectivity index is 1.74. The topological polar surface area (TPSA) is 76.2 Å². The van der Waals surface area contributed by atoms with E-state index in [-0.39, 0.29) is 23.9 Å². The Kier molecular flexibility index (Phi) is 8.26. The van der Waals surface area contributed by atoms with Gasteiger partial charge in [0.1, 0.15) is 11.3 Å². The van der Waals surface area contributed by atoms with Gasteiger partial charge in [0.15, 0.2) is 11.7 Å². The van der Waals surface area contributed by atoms with Crippen LogP contribution in [0.3, 0.4) is 0 Å². The number of esters is 1. The van der Waals surface area contributed by atoms with Gasteiger partial charge >= 0.3 is 5.97 Å². The van der Waals surface area contributed by atoms with E-state index >= 15 is 0 Å². The maximum absolute atomic E-state index is 13.8. The van der Waals surface area contributed by atoms with Crippen LogP contribution in [0.15, 0.2) is 66.2 Å². The number of hydrogen-bond donors (Lipinski definition) is 0. The number of rotatable bonds is 7. The first kappa shape index (κ1) is 27.7. The molecule has 3 aromatic carbocycles. The van der Waals surface area contributed by atoms with Crippen molar-refractivity contribution < 1.29 is 23.9 Å². The average molecular weight is 543 g/mol. The molecule has 0 spiro atoms. The highest BCUT2D eigenvalue weighted by molar-refractivity contribution is 7.81. The fourth-order valence-corrected chi connectivity index (χ4v) is 4.46. The molecule has 0 aliphatic carbocycles. The first-order chi connectivity index (χ1) is 18.6. The lowest BCUT2D eigenvalue weighted by Crippen LogP contribution is -2.57. The first-order valence-electron chi connectivity index (χ1n) is 12.6. The van der Waals surface area contributed by atoms with Crippen LogP contribution in [-0.4, -0.2) is 36.1 Å². The zero-order valence-electron chi connectivity index (χ0n) is 22.6. The molecule has 0 N–H and O–H groups in total. The SMILES string of the molecule is CCOC(=O)COc1ccc(C=C2C(=O)N(c3ccc(C)c(C)c3)C(=S)N(c3ccc(C)c(C)c3)C2=O)cc1. The van der Waals surface area contributed by atoms with Gasteiger partial charge in [-0.2, -0.15) is 0 Å². The van der Waals surface area contributed by atoms with E-state index in [0.717, 1.165) is 22.3 Å². The summed E-state index contributed by atoms with van der Waals surface area (Å²) in [4.78, 5) is 42.0. The van der Waals surface area contributed by atoms with Gasteiger partial charge in [-0.05, 0) is 117 Å². The van der Waals surface area contributed by atoms with Crippen LogP contribution in [0.1, 0.15) is 34.7 Å². The van der Waals surface area contributed by atoms with Crippen LogP contribution in [-0.2, 0) is 19.1 Å². The predicted molar refractivity (Wildman–Crippen MR) is 156 cm³/mol. The monoisotopic (exact) mass is 542 g/mol. The summed E-state index contributed by atoms with van der Waals surface area (Å²) in [5.74, 6) is -1.01. The Morgan fingerprint density at radius 1 is 0.795 bits per heavy atom. The van der Waals surface area contributed by atoms with E-state index in [1.165, 1.54) is 9.80 Å². The van der Waals surface area contributed by atoms with Crippen molar-refractivity contribution in [2.75, 3.05) is 23.0 Å². The lowest BCUT2D eigenvalue weighted by molar-refractivity contribution is -0.145. The van der Waals surface area contributed by atoms with Crippen LogP contribution >= 0.6 is 12.2 Å². The van der Waals surface area contributed by atoms with Gasteiger partial charge in [-0.1, -0.05) is 24.3 Å². The number of thiocarbonyl (C=S) groups is 1. The minimum Gasteiger partial charge on any atom is -0.482 e. The highest BCUT2D eigenvalue weighted by Gasteiger charge is 2.41. The van der Waals surface area contributed by atoms with E-state index in [0.29, 0.717) is 22.7 Å². The smallest absolute Gasteiger partial charge is 0.344 e. The van der Waals surface area contributed by atoms with Crippen molar-refractivity contribution >= 4 is 52.6 Å². The van der Waals surface area contributed by atoms with Gasteiger partial charge in [0.2, 0.25) is 0 Å². The number of carbonyl (C=O) groups is 3. The number of ether oxygens (including phenoxy) is 2. The molecule has 1 fully saturated rings. The molecule has 0 saturated carbocycles. The van der Waals surface area contributed by atoms with Crippen molar-refractivity contribution in [3.8, 4) is 5.75 Å². The van der Waals surface area contributed by atoms with Gasteiger partial charge < -0.3 is 9.47 Å². The average Bonchev–Trinajstić information content (AvgIpc) is 2.90. The van der Waals surface area contributed by atoms with Crippen molar-refractivity contribution in [2.45, 2.75) is 34.6 Å². The Hall–Kier alpha value is -4.30.